The third-order valence-electron chi connectivity index (χ3n) is 4.54. The SMILES string of the molecule is CCOc1ccc(-n2cc(C(=O)O)c(=O)n(Cc3cccc(F)c3C(F)(F)F)c2=O)cc1. The first-order chi connectivity index (χ1) is 15.0. The molecule has 0 fully saturated rings. The van der Waals surface area contributed by atoms with Crippen LogP contribution >= 0.6 is 0 Å². The molecule has 0 atom stereocenters. The van der Waals surface area contributed by atoms with Crippen LogP contribution in [0.25, 0.3) is 5.69 Å². The van der Waals surface area contributed by atoms with E-state index in [-0.39, 0.29) is 5.69 Å². The highest BCUT2D eigenvalue weighted by Gasteiger charge is 2.37. The van der Waals surface area contributed by atoms with E-state index in [1.807, 2.05) is 0 Å². The molecule has 0 aliphatic carbocycles. The maximum absolute atomic E-state index is 13.9. The maximum Gasteiger partial charge on any atom is 0.419 e. The number of halogens is 4. The van der Waals surface area contributed by atoms with Gasteiger partial charge in [-0.15, -0.1) is 0 Å². The molecule has 2 aromatic carbocycles. The van der Waals surface area contributed by atoms with E-state index in [2.05, 4.69) is 0 Å². The van der Waals surface area contributed by atoms with E-state index in [0.29, 0.717) is 23.0 Å². The molecule has 3 aromatic rings. The van der Waals surface area contributed by atoms with Crippen LogP contribution in [0.1, 0.15) is 28.4 Å². The second-order valence-corrected chi connectivity index (χ2v) is 6.59. The molecule has 0 aliphatic rings. The fourth-order valence-electron chi connectivity index (χ4n) is 3.13. The van der Waals surface area contributed by atoms with Gasteiger partial charge < -0.3 is 9.84 Å². The summed E-state index contributed by atoms with van der Waals surface area (Å²) in [6, 6.07) is 8.32. The summed E-state index contributed by atoms with van der Waals surface area (Å²) in [7, 11) is 0. The fraction of sp³-hybridized carbons (Fsp3) is 0.190. The van der Waals surface area contributed by atoms with Gasteiger partial charge in [0.25, 0.3) is 5.56 Å². The van der Waals surface area contributed by atoms with Crippen LogP contribution < -0.4 is 16.0 Å². The third kappa shape index (κ3) is 4.41. The van der Waals surface area contributed by atoms with E-state index in [1.54, 1.807) is 6.92 Å². The Morgan fingerprint density at radius 3 is 2.31 bits per heavy atom. The molecule has 1 heterocycles. The molecule has 32 heavy (non-hydrogen) atoms. The van der Waals surface area contributed by atoms with E-state index in [4.69, 9.17) is 4.74 Å². The molecule has 11 heteroatoms. The number of hydrogen-bond acceptors (Lipinski definition) is 4. The van der Waals surface area contributed by atoms with Crippen molar-refractivity contribution in [3.05, 3.63) is 92.0 Å². The van der Waals surface area contributed by atoms with Crippen LogP contribution in [0.5, 0.6) is 5.75 Å². The van der Waals surface area contributed by atoms with Crippen LogP contribution in [-0.2, 0) is 12.7 Å². The minimum atomic E-state index is -5.09. The predicted molar refractivity (Wildman–Crippen MR) is 105 cm³/mol. The van der Waals surface area contributed by atoms with Gasteiger partial charge in [0.2, 0.25) is 0 Å². The predicted octanol–water partition coefficient (Wildman–Crippen LogP) is 3.30. The summed E-state index contributed by atoms with van der Waals surface area (Å²) in [4.78, 5) is 37.1. The number of aromatic nitrogens is 2. The number of alkyl halides is 3. The number of hydrogen-bond donors (Lipinski definition) is 1. The number of carboxylic acids is 1. The Morgan fingerprint density at radius 1 is 1.09 bits per heavy atom. The van der Waals surface area contributed by atoms with Crippen molar-refractivity contribution in [3.63, 3.8) is 0 Å². The second kappa shape index (κ2) is 8.69. The Hall–Kier alpha value is -3.89. The van der Waals surface area contributed by atoms with E-state index in [0.717, 1.165) is 22.9 Å². The lowest BCUT2D eigenvalue weighted by atomic mass is 10.1. The summed E-state index contributed by atoms with van der Waals surface area (Å²) >= 11 is 0. The Balaban J connectivity index is 2.22. The molecule has 0 unspecified atom stereocenters. The lowest BCUT2D eigenvalue weighted by molar-refractivity contribution is -0.140. The first-order valence-electron chi connectivity index (χ1n) is 9.22. The van der Waals surface area contributed by atoms with Gasteiger partial charge in [0, 0.05) is 6.20 Å². The number of ether oxygens (including phenoxy) is 1. The van der Waals surface area contributed by atoms with E-state index in [9.17, 15) is 37.1 Å². The fourth-order valence-corrected chi connectivity index (χ4v) is 3.13. The highest BCUT2D eigenvalue weighted by atomic mass is 19.4. The molecular weight excluding hydrogens is 436 g/mol. The van der Waals surface area contributed by atoms with Gasteiger partial charge >= 0.3 is 17.8 Å². The van der Waals surface area contributed by atoms with Crippen LogP contribution in [0, 0.1) is 5.82 Å². The van der Waals surface area contributed by atoms with Crippen molar-refractivity contribution in [2.24, 2.45) is 0 Å². The lowest BCUT2D eigenvalue weighted by Crippen LogP contribution is -2.42. The molecule has 0 saturated heterocycles. The van der Waals surface area contributed by atoms with Crippen molar-refractivity contribution in [2.45, 2.75) is 19.6 Å². The lowest BCUT2D eigenvalue weighted by Gasteiger charge is -2.16. The summed E-state index contributed by atoms with van der Waals surface area (Å²) in [5, 5.41) is 9.37. The molecule has 3 rings (SSSR count). The molecular formula is C21H16F4N2O5. The van der Waals surface area contributed by atoms with Crippen LogP contribution in [0.3, 0.4) is 0 Å². The molecule has 0 radical (unpaired) electrons. The average Bonchev–Trinajstić information content (AvgIpc) is 2.71. The van der Waals surface area contributed by atoms with Gasteiger partial charge in [-0.05, 0) is 42.8 Å². The minimum Gasteiger partial charge on any atom is -0.494 e. The summed E-state index contributed by atoms with van der Waals surface area (Å²) < 4.78 is 60.4. The zero-order valence-electron chi connectivity index (χ0n) is 16.5. The summed E-state index contributed by atoms with van der Waals surface area (Å²) in [6.07, 6.45) is -4.31. The van der Waals surface area contributed by atoms with Gasteiger partial charge in [-0.2, -0.15) is 13.2 Å². The normalized spacial score (nSPS) is 11.4. The monoisotopic (exact) mass is 452 g/mol. The Morgan fingerprint density at radius 2 is 1.75 bits per heavy atom. The smallest absolute Gasteiger partial charge is 0.419 e. The van der Waals surface area contributed by atoms with Crippen molar-refractivity contribution < 1.29 is 32.2 Å². The first kappa shape index (κ1) is 22.8. The molecule has 1 aromatic heterocycles. The van der Waals surface area contributed by atoms with Gasteiger partial charge in [-0.3, -0.25) is 13.9 Å². The van der Waals surface area contributed by atoms with Gasteiger partial charge in [0.15, 0.2) is 0 Å². The van der Waals surface area contributed by atoms with Gasteiger partial charge in [0.1, 0.15) is 17.1 Å². The third-order valence-corrected chi connectivity index (χ3v) is 4.54. The van der Waals surface area contributed by atoms with Gasteiger partial charge in [-0.1, -0.05) is 12.1 Å². The summed E-state index contributed by atoms with van der Waals surface area (Å²) in [5.74, 6) is -2.80. The van der Waals surface area contributed by atoms with Crippen LogP contribution in [0.2, 0.25) is 0 Å². The number of benzene rings is 2. The summed E-state index contributed by atoms with van der Waals surface area (Å²) in [5.41, 5.74) is -5.45. The first-order valence-corrected chi connectivity index (χ1v) is 9.22. The second-order valence-electron chi connectivity index (χ2n) is 6.59. The molecule has 0 saturated carbocycles. The number of carboxylic acid groups (broad SMARTS) is 1. The van der Waals surface area contributed by atoms with E-state index >= 15 is 0 Å². The van der Waals surface area contributed by atoms with Crippen molar-refractivity contribution in [1.82, 2.24) is 9.13 Å². The van der Waals surface area contributed by atoms with Crippen molar-refractivity contribution in [3.8, 4) is 11.4 Å². The highest BCUT2D eigenvalue weighted by Crippen LogP contribution is 2.34. The minimum absolute atomic E-state index is 0.144. The molecule has 168 valence electrons. The van der Waals surface area contributed by atoms with E-state index in [1.165, 1.54) is 24.3 Å². The zero-order valence-corrected chi connectivity index (χ0v) is 16.5. The molecule has 0 spiro atoms. The Bertz CT molecular complexity index is 1280. The van der Waals surface area contributed by atoms with Crippen LogP contribution in [-0.4, -0.2) is 26.8 Å². The van der Waals surface area contributed by atoms with Gasteiger partial charge in [0.05, 0.1) is 24.4 Å². The highest BCUT2D eigenvalue weighted by molar-refractivity contribution is 5.86. The largest absolute Gasteiger partial charge is 0.494 e. The van der Waals surface area contributed by atoms with E-state index < -0.39 is 52.4 Å². The van der Waals surface area contributed by atoms with Crippen LogP contribution in [0.15, 0.2) is 58.3 Å². The Kier molecular flexibility index (Phi) is 6.19. The van der Waals surface area contributed by atoms with Crippen molar-refractivity contribution in [2.75, 3.05) is 6.61 Å². The quantitative estimate of drug-likeness (QED) is 0.580. The van der Waals surface area contributed by atoms with Gasteiger partial charge in [-0.25, -0.2) is 14.0 Å². The zero-order chi connectivity index (χ0) is 23.6. The standard InChI is InChI=1S/C21H16F4N2O5/c1-2-32-14-8-6-13(7-9-14)26-11-15(19(29)30)18(28)27(20(26)31)10-12-4-3-5-16(22)17(12)21(23,24)25/h3-9,11H,2,10H2,1H3,(H,29,30). The van der Waals surface area contributed by atoms with Crippen molar-refractivity contribution in [1.29, 1.82) is 0 Å². The number of nitrogens with zero attached hydrogens (tertiary/aromatic N) is 2. The molecule has 0 aliphatic heterocycles. The average molecular weight is 452 g/mol. The number of carbonyl (C=O) groups is 1. The molecule has 0 bridgehead atoms. The van der Waals surface area contributed by atoms with Crippen molar-refractivity contribution >= 4 is 5.97 Å². The molecule has 1 N–H and O–H groups in total. The van der Waals surface area contributed by atoms with Crippen LogP contribution in [0.4, 0.5) is 17.6 Å². The molecule has 7 nitrogen and oxygen atoms in total. The Labute approximate surface area is 177 Å². The summed E-state index contributed by atoms with van der Waals surface area (Å²) in [6.45, 7) is 1.15. The number of rotatable bonds is 6. The molecule has 0 amide bonds. The number of aromatic carboxylic acids is 1. The topological polar surface area (TPSA) is 90.5 Å². The maximum atomic E-state index is 13.9.